The number of hydrogen-bond acceptors (Lipinski definition) is 5. The van der Waals surface area contributed by atoms with Crippen LogP contribution in [0.4, 0.5) is 0 Å². The molecular formula is C36H58O5. The Bertz CT molecular complexity index is 1070. The van der Waals surface area contributed by atoms with Crippen molar-refractivity contribution in [3.63, 3.8) is 0 Å². The first kappa shape index (κ1) is 30.3. The lowest BCUT2D eigenvalue weighted by molar-refractivity contribution is -0.326. The van der Waals surface area contributed by atoms with Crippen molar-refractivity contribution in [3.8, 4) is 0 Å². The minimum atomic E-state index is -1.26. The van der Waals surface area contributed by atoms with Gasteiger partial charge in [0.2, 0.25) is 0 Å². The van der Waals surface area contributed by atoms with Crippen molar-refractivity contribution in [2.24, 2.45) is 51.2 Å². The molecule has 1 heterocycles. The molecule has 6 rings (SSSR count). The first-order valence-corrected chi connectivity index (χ1v) is 16.9. The van der Waals surface area contributed by atoms with Crippen molar-refractivity contribution in [3.05, 3.63) is 23.8 Å². The third-order valence-corrected chi connectivity index (χ3v) is 14.7. The molecule has 0 amide bonds. The molecule has 0 bridgehead atoms. The largest absolute Gasteiger partial charge is 0.388 e. The van der Waals surface area contributed by atoms with E-state index in [4.69, 9.17) is 9.47 Å². The molecular weight excluding hydrogens is 512 g/mol. The summed E-state index contributed by atoms with van der Waals surface area (Å²) < 4.78 is 12.4. The number of fused-ring (bicyclic) bond motifs is 7. The third kappa shape index (κ3) is 4.25. The first-order valence-electron chi connectivity index (χ1n) is 16.9. The van der Waals surface area contributed by atoms with Crippen molar-refractivity contribution >= 4 is 0 Å². The van der Waals surface area contributed by atoms with Crippen molar-refractivity contribution in [2.45, 2.75) is 149 Å². The van der Waals surface area contributed by atoms with Gasteiger partial charge in [-0.3, -0.25) is 0 Å². The lowest BCUT2D eigenvalue weighted by atomic mass is 9.33. The van der Waals surface area contributed by atoms with E-state index in [9.17, 15) is 15.3 Å². The molecule has 6 aliphatic rings. The Morgan fingerprint density at radius 2 is 1.63 bits per heavy atom. The number of hydrogen-bond donors (Lipinski definition) is 3. The van der Waals surface area contributed by atoms with Crippen LogP contribution in [0, 0.1) is 51.2 Å². The van der Waals surface area contributed by atoms with Gasteiger partial charge in [0.25, 0.3) is 0 Å². The van der Waals surface area contributed by atoms with Gasteiger partial charge in [0, 0.05) is 0 Å². The van der Waals surface area contributed by atoms with Crippen LogP contribution >= 0.6 is 0 Å². The van der Waals surface area contributed by atoms with Crippen LogP contribution in [0.15, 0.2) is 23.8 Å². The van der Waals surface area contributed by atoms with Crippen LogP contribution in [0.25, 0.3) is 0 Å². The molecule has 0 radical (unpaired) electrons. The molecule has 1 saturated heterocycles. The molecule has 0 aromatic heterocycles. The van der Waals surface area contributed by atoms with Gasteiger partial charge in [-0.2, -0.15) is 0 Å². The highest BCUT2D eigenvalue weighted by Crippen LogP contribution is 2.75. The molecule has 0 unspecified atom stereocenters. The van der Waals surface area contributed by atoms with E-state index in [1.165, 1.54) is 56.9 Å². The summed E-state index contributed by atoms with van der Waals surface area (Å²) in [6, 6.07) is 0. The van der Waals surface area contributed by atoms with E-state index in [1.807, 2.05) is 0 Å². The van der Waals surface area contributed by atoms with Gasteiger partial charge in [-0.25, -0.2) is 0 Å². The summed E-state index contributed by atoms with van der Waals surface area (Å²) in [5.41, 5.74) is 3.93. The quantitative estimate of drug-likeness (QED) is 0.257. The Morgan fingerprint density at radius 1 is 0.902 bits per heavy atom. The van der Waals surface area contributed by atoms with E-state index in [2.05, 4.69) is 54.2 Å². The van der Waals surface area contributed by atoms with Crippen LogP contribution in [0.1, 0.15) is 113 Å². The highest BCUT2D eigenvalue weighted by atomic mass is 16.7. The van der Waals surface area contributed by atoms with Crippen molar-refractivity contribution in [2.75, 3.05) is 0 Å². The molecule has 5 aliphatic carbocycles. The summed E-state index contributed by atoms with van der Waals surface area (Å²) in [7, 11) is 0. The second-order valence-corrected chi connectivity index (χ2v) is 16.7. The van der Waals surface area contributed by atoms with Crippen molar-refractivity contribution in [1.82, 2.24) is 0 Å². The van der Waals surface area contributed by atoms with Crippen LogP contribution in [-0.2, 0) is 9.47 Å². The molecule has 3 N–H and O–H groups in total. The first-order chi connectivity index (χ1) is 19.2. The van der Waals surface area contributed by atoms with Gasteiger partial charge in [-0.1, -0.05) is 58.4 Å². The minimum Gasteiger partial charge on any atom is -0.388 e. The van der Waals surface area contributed by atoms with Gasteiger partial charge in [0.15, 0.2) is 6.29 Å². The van der Waals surface area contributed by atoms with Gasteiger partial charge in [0.1, 0.15) is 18.3 Å². The summed E-state index contributed by atoms with van der Waals surface area (Å²) in [6.07, 6.45) is 9.86. The molecule has 0 spiro atoms. The van der Waals surface area contributed by atoms with E-state index >= 15 is 0 Å². The fourth-order valence-corrected chi connectivity index (χ4v) is 12.2. The number of aliphatic hydroxyl groups excluding tert-OH is 3. The zero-order valence-electron chi connectivity index (χ0n) is 26.9. The maximum Gasteiger partial charge on any atom is 0.186 e. The Morgan fingerprint density at radius 3 is 2.34 bits per heavy atom. The van der Waals surface area contributed by atoms with Gasteiger partial charge in [0.05, 0.1) is 12.2 Å². The SMILES string of the molecule is C=C(C)[C@@H]1CCCC2=CC[C@]3(C)[C@H](CC[C@@H]4[C@@]5(C)CC[C@H](O[C@@H]6O[C@@H](C)[C@H](O)[C@@H](O)[C@H]6O)C(C)(C)[C@@H]5CC[C@]43C)[C@H]21. The predicted molar refractivity (Wildman–Crippen MR) is 162 cm³/mol. The lowest BCUT2D eigenvalue weighted by Crippen LogP contribution is -2.66. The van der Waals surface area contributed by atoms with E-state index < -0.39 is 30.7 Å². The van der Waals surface area contributed by atoms with Crippen LogP contribution in [0.5, 0.6) is 0 Å². The van der Waals surface area contributed by atoms with Crippen molar-refractivity contribution < 1.29 is 24.8 Å². The Hall–Kier alpha value is -0.720. The fourth-order valence-electron chi connectivity index (χ4n) is 12.2. The van der Waals surface area contributed by atoms with E-state index in [1.54, 1.807) is 12.5 Å². The Labute approximate surface area is 249 Å². The zero-order chi connectivity index (χ0) is 29.7. The standard InChI is InChI=1S/C36H58O5/c1-20(2)23-11-9-10-22-14-18-35(7)24(28(22)23)12-13-26-34(6)17-16-27(33(4,5)25(34)15-19-36(26,35)8)41-32-31(39)30(38)29(37)21(3)40-32/h14,21,23-32,37-39H,1,9-13,15-19H2,2-8H3/t21-,23-,24+,25-,26+,27-,28+,29-,30+,31+,32-,34-,35+,36+/m0/s1. The molecule has 232 valence electrons. The summed E-state index contributed by atoms with van der Waals surface area (Å²) in [5.74, 6) is 3.31. The molecule has 5 fully saturated rings. The molecule has 5 nitrogen and oxygen atoms in total. The smallest absolute Gasteiger partial charge is 0.186 e. The maximum absolute atomic E-state index is 10.7. The molecule has 0 aromatic rings. The second kappa shape index (κ2) is 10.2. The van der Waals surface area contributed by atoms with Gasteiger partial charge < -0.3 is 24.8 Å². The molecule has 41 heavy (non-hydrogen) atoms. The predicted octanol–water partition coefficient (Wildman–Crippen LogP) is 6.80. The second-order valence-electron chi connectivity index (χ2n) is 16.7. The lowest BCUT2D eigenvalue weighted by Gasteiger charge is -2.72. The third-order valence-electron chi connectivity index (χ3n) is 14.7. The summed E-state index contributed by atoms with van der Waals surface area (Å²) in [4.78, 5) is 0. The topological polar surface area (TPSA) is 79.2 Å². The molecule has 4 saturated carbocycles. The number of aliphatic hydroxyl groups is 3. The minimum absolute atomic E-state index is 0.0649. The fraction of sp³-hybridized carbons (Fsp3) is 0.889. The number of rotatable bonds is 3. The van der Waals surface area contributed by atoms with Crippen LogP contribution < -0.4 is 0 Å². The summed E-state index contributed by atoms with van der Waals surface area (Å²) in [5, 5.41) is 31.3. The van der Waals surface area contributed by atoms with E-state index in [0.29, 0.717) is 34.5 Å². The van der Waals surface area contributed by atoms with Crippen LogP contribution in [0.3, 0.4) is 0 Å². The Balaban J connectivity index is 1.26. The van der Waals surface area contributed by atoms with Crippen LogP contribution in [-0.4, -0.2) is 52.1 Å². The van der Waals surface area contributed by atoms with Crippen molar-refractivity contribution in [1.29, 1.82) is 0 Å². The number of allylic oxidation sites excluding steroid dienone is 3. The van der Waals surface area contributed by atoms with Gasteiger partial charge in [-0.15, -0.1) is 0 Å². The highest BCUT2D eigenvalue weighted by Gasteiger charge is 2.68. The normalized spacial score (nSPS) is 54.6. The number of ether oxygens (including phenoxy) is 2. The molecule has 14 atom stereocenters. The zero-order valence-corrected chi connectivity index (χ0v) is 26.9. The van der Waals surface area contributed by atoms with Crippen LogP contribution in [0.2, 0.25) is 0 Å². The highest BCUT2D eigenvalue weighted by molar-refractivity contribution is 5.27. The van der Waals surface area contributed by atoms with Gasteiger partial charge >= 0.3 is 0 Å². The summed E-state index contributed by atoms with van der Waals surface area (Å²) >= 11 is 0. The monoisotopic (exact) mass is 570 g/mol. The molecule has 1 aliphatic heterocycles. The average Bonchev–Trinajstić information content (AvgIpc) is 2.91. The molecule has 5 heteroatoms. The Kier molecular flexibility index (Phi) is 7.51. The maximum atomic E-state index is 10.7. The van der Waals surface area contributed by atoms with Gasteiger partial charge in [-0.05, 0) is 129 Å². The summed E-state index contributed by atoms with van der Waals surface area (Å²) in [6.45, 7) is 21.2. The van der Waals surface area contributed by atoms with E-state index in [0.717, 1.165) is 18.8 Å². The van der Waals surface area contributed by atoms with E-state index in [-0.39, 0.29) is 16.9 Å². The molecule has 0 aromatic carbocycles. The average molecular weight is 571 g/mol.